The Labute approximate surface area is 319 Å². The van der Waals surface area contributed by atoms with Crippen LogP contribution in [0.1, 0.15) is 5.82 Å². The Bertz CT molecular complexity index is 3020. The lowest BCUT2D eigenvalue weighted by atomic mass is 10.0. The monoisotopic (exact) mass is 722 g/mol. The maximum Gasteiger partial charge on any atom is 0.179 e. The first kappa shape index (κ1) is 31.6. The molecule has 0 aliphatic carbocycles. The molecule has 55 heavy (non-hydrogen) atoms. The maximum absolute atomic E-state index is 6.20. The van der Waals surface area contributed by atoms with Crippen molar-refractivity contribution in [1.82, 2.24) is 9.55 Å². The third kappa shape index (κ3) is 5.01. The van der Waals surface area contributed by atoms with E-state index in [9.17, 15) is 0 Å². The van der Waals surface area contributed by atoms with Gasteiger partial charge in [0.2, 0.25) is 0 Å². The zero-order chi connectivity index (χ0) is 36.3. The summed E-state index contributed by atoms with van der Waals surface area (Å²) in [6.07, 6.45) is 0. The molecule has 8 aromatic carbocycles. The van der Waals surface area contributed by atoms with Gasteiger partial charge in [0.15, 0.2) is 13.9 Å². The van der Waals surface area contributed by atoms with Crippen molar-refractivity contribution in [3.05, 3.63) is 200 Å². The van der Waals surface area contributed by atoms with Crippen molar-refractivity contribution in [2.24, 2.45) is 0 Å². The van der Waals surface area contributed by atoms with Crippen LogP contribution in [0.25, 0.3) is 60.9 Å². The number of ether oxygens (including phenoxy) is 1. The molecule has 5 heteroatoms. The molecule has 0 unspecified atom stereocenters. The molecule has 2 aromatic heterocycles. The van der Waals surface area contributed by atoms with E-state index in [1.165, 1.54) is 37.4 Å². The predicted molar refractivity (Wildman–Crippen MR) is 227 cm³/mol. The Kier molecular flexibility index (Phi) is 7.22. The van der Waals surface area contributed by atoms with Crippen LogP contribution in [0.4, 0.5) is 0 Å². The highest BCUT2D eigenvalue weighted by molar-refractivity contribution is 7.20. The summed E-state index contributed by atoms with van der Waals surface area (Å²) in [4.78, 5) is 4.96. The van der Waals surface area contributed by atoms with Crippen molar-refractivity contribution < 1.29 is 9.15 Å². The van der Waals surface area contributed by atoms with E-state index in [0.29, 0.717) is 6.61 Å². The van der Waals surface area contributed by atoms with Crippen molar-refractivity contribution in [2.75, 3.05) is 0 Å². The van der Waals surface area contributed by atoms with Crippen LogP contribution in [0.2, 0.25) is 0 Å². The van der Waals surface area contributed by atoms with Gasteiger partial charge in [-0.05, 0) is 85.5 Å². The molecule has 1 aliphatic rings. The van der Waals surface area contributed by atoms with Gasteiger partial charge in [0.05, 0.1) is 16.7 Å². The number of imidazole rings is 1. The van der Waals surface area contributed by atoms with Crippen LogP contribution < -0.4 is 25.5 Å². The Hall–Kier alpha value is -6.95. The molecule has 0 saturated heterocycles. The van der Waals surface area contributed by atoms with Crippen molar-refractivity contribution in [2.45, 2.75) is 6.61 Å². The minimum atomic E-state index is -2.88. The Morgan fingerprint density at radius 3 is 1.78 bits per heavy atom. The lowest BCUT2D eigenvalue weighted by Gasteiger charge is -2.35. The van der Waals surface area contributed by atoms with Crippen LogP contribution in [0, 0.1) is 0 Å². The highest BCUT2D eigenvalue weighted by atomic mass is 28.3. The summed E-state index contributed by atoms with van der Waals surface area (Å²) in [5, 5.41) is 7.59. The van der Waals surface area contributed by atoms with Crippen molar-refractivity contribution >= 4 is 61.8 Å². The third-order valence-corrected chi connectivity index (χ3v) is 16.0. The van der Waals surface area contributed by atoms with Crippen LogP contribution in [0.5, 0.6) is 5.75 Å². The number of para-hydroxylation sites is 3. The number of aromatic nitrogens is 2. The van der Waals surface area contributed by atoms with Gasteiger partial charge < -0.3 is 9.15 Å². The lowest BCUT2D eigenvalue weighted by Crippen LogP contribution is -2.74. The molecule has 4 nitrogen and oxygen atoms in total. The maximum atomic E-state index is 6.20. The van der Waals surface area contributed by atoms with Crippen molar-refractivity contribution in [3.8, 4) is 33.7 Å². The third-order valence-electron chi connectivity index (χ3n) is 11.2. The van der Waals surface area contributed by atoms with E-state index in [1.54, 1.807) is 0 Å². The van der Waals surface area contributed by atoms with Crippen LogP contribution in [-0.4, -0.2) is 17.6 Å². The first-order chi connectivity index (χ1) is 27.2. The second kappa shape index (κ2) is 12.6. The molecule has 0 amide bonds. The fourth-order valence-electron chi connectivity index (χ4n) is 8.72. The quantitative estimate of drug-likeness (QED) is 0.127. The summed E-state index contributed by atoms with van der Waals surface area (Å²) in [5.41, 5.74) is 9.57. The van der Waals surface area contributed by atoms with E-state index in [2.05, 4.69) is 174 Å². The number of rotatable bonds is 6. The zero-order valence-electron chi connectivity index (χ0n) is 29.9. The van der Waals surface area contributed by atoms with Crippen LogP contribution in [0.3, 0.4) is 0 Å². The van der Waals surface area contributed by atoms with Crippen LogP contribution >= 0.6 is 0 Å². The van der Waals surface area contributed by atoms with E-state index in [0.717, 1.165) is 55.8 Å². The summed E-state index contributed by atoms with van der Waals surface area (Å²) in [6, 6.07) is 70.5. The van der Waals surface area contributed by atoms with Gasteiger partial charge in [-0.25, -0.2) is 4.98 Å². The predicted octanol–water partition coefficient (Wildman–Crippen LogP) is 9.53. The Balaban J connectivity index is 1.11. The standard InChI is InChI=1S/C50H34N2O2Si/c1-3-15-38(16-4-1)55(39-17-5-2-6-18-39,40-19-11-13-34(29-40)36-26-28-48-43(31-36)42-21-7-9-23-47(42)54-48)41-20-12-14-35(30-41)37-25-27-44-46(32-37)52-45-22-8-10-24-49(45)53-33-50(52)51-44/h1-32H,33H2. The van der Waals surface area contributed by atoms with Crippen LogP contribution in [-0.2, 0) is 6.61 Å². The molecular formula is C50H34N2O2Si. The molecule has 0 atom stereocenters. The number of nitrogens with zero attached hydrogens (tertiary/aromatic N) is 2. The minimum absolute atomic E-state index is 0.449. The van der Waals surface area contributed by atoms with Gasteiger partial charge in [0.1, 0.15) is 23.5 Å². The van der Waals surface area contributed by atoms with Gasteiger partial charge in [-0.1, -0.05) is 152 Å². The number of fused-ring (bicyclic) bond motifs is 8. The average Bonchev–Trinajstić information content (AvgIpc) is 3.83. The number of furan rings is 1. The van der Waals surface area contributed by atoms with Gasteiger partial charge in [-0.2, -0.15) is 0 Å². The summed E-state index contributed by atoms with van der Waals surface area (Å²) < 4.78 is 14.5. The fourth-order valence-corrected chi connectivity index (χ4v) is 13.5. The van der Waals surface area contributed by atoms with Gasteiger partial charge in [-0.3, -0.25) is 4.57 Å². The fraction of sp³-hybridized carbons (Fsp3) is 0.0200. The van der Waals surface area contributed by atoms with E-state index in [4.69, 9.17) is 14.1 Å². The Morgan fingerprint density at radius 2 is 1.04 bits per heavy atom. The molecule has 0 bridgehead atoms. The summed E-state index contributed by atoms with van der Waals surface area (Å²) in [6.45, 7) is 0.449. The van der Waals surface area contributed by atoms with Gasteiger partial charge in [0.25, 0.3) is 0 Å². The highest BCUT2D eigenvalue weighted by Gasteiger charge is 2.41. The summed E-state index contributed by atoms with van der Waals surface area (Å²) in [7, 11) is -2.88. The number of hydrogen-bond acceptors (Lipinski definition) is 3. The van der Waals surface area contributed by atoms with E-state index in [1.807, 2.05) is 24.3 Å². The second-order valence-electron chi connectivity index (χ2n) is 14.3. The van der Waals surface area contributed by atoms with Crippen LogP contribution in [0.15, 0.2) is 199 Å². The molecule has 0 spiro atoms. The molecule has 260 valence electrons. The van der Waals surface area contributed by atoms with Crippen molar-refractivity contribution in [3.63, 3.8) is 0 Å². The van der Waals surface area contributed by atoms with Crippen molar-refractivity contribution in [1.29, 1.82) is 0 Å². The molecule has 0 saturated carbocycles. The largest absolute Gasteiger partial charge is 0.483 e. The first-order valence-corrected chi connectivity index (χ1v) is 20.7. The van der Waals surface area contributed by atoms with E-state index < -0.39 is 8.07 Å². The SMILES string of the molecule is c1ccc([Si](c2ccccc2)(c2cccc(-c3ccc4oc5ccccc5c4c3)c2)c2cccc(-c3ccc4nc5n(c4c3)-c3ccccc3OC5)c2)cc1. The average molecular weight is 723 g/mol. The zero-order valence-corrected chi connectivity index (χ0v) is 30.9. The van der Waals surface area contributed by atoms with Gasteiger partial charge in [0, 0.05) is 10.8 Å². The molecule has 10 aromatic rings. The Morgan fingerprint density at radius 1 is 0.455 bits per heavy atom. The highest BCUT2D eigenvalue weighted by Crippen LogP contribution is 2.35. The van der Waals surface area contributed by atoms with E-state index in [-0.39, 0.29) is 0 Å². The molecule has 11 rings (SSSR count). The number of benzene rings is 8. The molecule has 0 radical (unpaired) electrons. The van der Waals surface area contributed by atoms with Gasteiger partial charge >= 0.3 is 0 Å². The smallest absolute Gasteiger partial charge is 0.179 e. The molecule has 0 N–H and O–H groups in total. The lowest BCUT2D eigenvalue weighted by molar-refractivity contribution is 0.280. The molecule has 1 aliphatic heterocycles. The first-order valence-electron chi connectivity index (χ1n) is 18.7. The molecule has 0 fully saturated rings. The second-order valence-corrected chi connectivity index (χ2v) is 18.1. The minimum Gasteiger partial charge on any atom is -0.483 e. The number of hydrogen-bond donors (Lipinski definition) is 0. The molecular weight excluding hydrogens is 689 g/mol. The van der Waals surface area contributed by atoms with Gasteiger partial charge in [-0.15, -0.1) is 0 Å². The van der Waals surface area contributed by atoms with E-state index >= 15 is 0 Å². The topological polar surface area (TPSA) is 40.2 Å². The summed E-state index contributed by atoms with van der Waals surface area (Å²) in [5.74, 6) is 1.79. The molecule has 3 heterocycles. The normalized spacial score (nSPS) is 12.4. The summed E-state index contributed by atoms with van der Waals surface area (Å²) >= 11 is 0.